The average molecular weight is 257 g/mol. The van der Waals surface area contributed by atoms with Gasteiger partial charge in [-0.1, -0.05) is 19.9 Å². The van der Waals surface area contributed by atoms with Gasteiger partial charge in [0.15, 0.2) is 0 Å². The number of nitrogen functional groups attached to an aromatic ring is 1. The molecule has 0 aliphatic heterocycles. The Kier molecular flexibility index (Phi) is 4.26. The largest absolute Gasteiger partial charge is 0.396 e. The topological polar surface area (TPSA) is 38.0 Å². The number of hydrogen-bond donors (Lipinski definition) is 2. The Morgan fingerprint density at radius 2 is 2.00 bits per heavy atom. The lowest BCUT2D eigenvalue weighted by atomic mass is 10.1. The Morgan fingerprint density at radius 3 is 2.57 bits per heavy atom. The molecule has 2 nitrogen and oxygen atoms in total. The van der Waals surface area contributed by atoms with Gasteiger partial charge >= 0.3 is 0 Å². The molecule has 0 aromatic heterocycles. The van der Waals surface area contributed by atoms with Gasteiger partial charge in [-0.25, -0.2) is 0 Å². The molecule has 0 heterocycles. The van der Waals surface area contributed by atoms with E-state index in [1.807, 2.05) is 18.2 Å². The van der Waals surface area contributed by atoms with Crippen LogP contribution in [0.5, 0.6) is 0 Å². The minimum absolute atomic E-state index is 0.506. The maximum Gasteiger partial charge on any atom is 0.0694 e. The van der Waals surface area contributed by atoms with E-state index in [1.165, 1.54) is 0 Å². The van der Waals surface area contributed by atoms with Gasteiger partial charge in [-0.3, -0.25) is 0 Å². The summed E-state index contributed by atoms with van der Waals surface area (Å²) in [5.74, 6) is 0. The maximum absolute atomic E-state index is 5.93. The van der Waals surface area contributed by atoms with Crippen molar-refractivity contribution in [3.63, 3.8) is 0 Å². The lowest BCUT2D eigenvalue weighted by Crippen LogP contribution is -2.17. The van der Waals surface area contributed by atoms with Crippen molar-refractivity contribution >= 4 is 27.3 Å². The van der Waals surface area contributed by atoms with Gasteiger partial charge in [0.25, 0.3) is 0 Å². The monoisotopic (exact) mass is 256 g/mol. The first kappa shape index (κ1) is 11.4. The van der Waals surface area contributed by atoms with E-state index in [0.717, 1.165) is 28.7 Å². The van der Waals surface area contributed by atoms with Crippen LogP contribution in [0.1, 0.15) is 26.7 Å². The van der Waals surface area contributed by atoms with E-state index >= 15 is 0 Å². The third-order valence-electron chi connectivity index (χ3n) is 2.40. The second-order valence-corrected chi connectivity index (χ2v) is 4.21. The van der Waals surface area contributed by atoms with Gasteiger partial charge in [-0.05, 0) is 40.9 Å². The molecule has 1 rings (SSSR count). The van der Waals surface area contributed by atoms with Crippen LogP contribution in [0.15, 0.2) is 22.7 Å². The van der Waals surface area contributed by atoms with E-state index in [1.54, 1.807) is 0 Å². The van der Waals surface area contributed by atoms with Crippen molar-refractivity contribution in [1.82, 2.24) is 0 Å². The van der Waals surface area contributed by atoms with Crippen LogP contribution in [-0.4, -0.2) is 6.04 Å². The third-order valence-corrected chi connectivity index (χ3v) is 3.09. The molecule has 3 heteroatoms. The first-order chi connectivity index (χ1) is 6.69. The standard InChI is InChI=1S/C11H17BrN2/c1-3-8(4-2)14-10-7-5-6-9(12)11(10)13/h5-8,14H,3-4,13H2,1-2H3. The summed E-state index contributed by atoms with van der Waals surface area (Å²) in [6.45, 7) is 4.35. The Balaban J connectivity index is 2.80. The SMILES string of the molecule is CCC(CC)Nc1cccc(Br)c1N. The molecule has 0 aliphatic carbocycles. The molecule has 0 atom stereocenters. The summed E-state index contributed by atoms with van der Waals surface area (Å²) >= 11 is 3.41. The molecule has 0 spiro atoms. The van der Waals surface area contributed by atoms with Crippen molar-refractivity contribution in [1.29, 1.82) is 0 Å². The summed E-state index contributed by atoms with van der Waals surface area (Å²) in [6.07, 6.45) is 2.23. The summed E-state index contributed by atoms with van der Waals surface area (Å²) in [7, 11) is 0. The van der Waals surface area contributed by atoms with Gasteiger partial charge in [-0.2, -0.15) is 0 Å². The van der Waals surface area contributed by atoms with Crippen LogP contribution >= 0.6 is 15.9 Å². The Labute approximate surface area is 94.0 Å². The van der Waals surface area contributed by atoms with E-state index in [4.69, 9.17) is 5.73 Å². The number of para-hydroxylation sites is 1. The van der Waals surface area contributed by atoms with Crippen molar-refractivity contribution in [2.75, 3.05) is 11.1 Å². The molecular weight excluding hydrogens is 240 g/mol. The summed E-state index contributed by atoms with van der Waals surface area (Å²) in [4.78, 5) is 0. The Bertz CT molecular complexity index is 295. The molecule has 3 N–H and O–H groups in total. The minimum Gasteiger partial charge on any atom is -0.396 e. The molecule has 78 valence electrons. The van der Waals surface area contributed by atoms with Crippen LogP contribution in [0.2, 0.25) is 0 Å². The summed E-state index contributed by atoms with van der Waals surface area (Å²) in [6, 6.07) is 6.46. The van der Waals surface area contributed by atoms with Crippen LogP contribution < -0.4 is 11.1 Å². The predicted octanol–water partition coefficient (Wildman–Crippen LogP) is 3.63. The number of hydrogen-bond acceptors (Lipinski definition) is 2. The molecule has 1 aromatic carbocycles. The molecule has 0 radical (unpaired) electrons. The summed E-state index contributed by atoms with van der Waals surface area (Å²) in [5, 5.41) is 3.43. The Morgan fingerprint density at radius 1 is 1.36 bits per heavy atom. The van der Waals surface area contributed by atoms with Gasteiger partial charge in [0.2, 0.25) is 0 Å². The van der Waals surface area contributed by atoms with E-state index in [2.05, 4.69) is 35.1 Å². The van der Waals surface area contributed by atoms with Gasteiger partial charge in [0, 0.05) is 10.5 Å². The van der Waals surface area contributed by atoms with E-state index in [-0.39, 0.29) is 0 Å². The molecule has 0 saturated carbocycles. The smallest absolute Gasteiger partial charge is 0.0694 e. The maximum atomic E-state index is 5.93. The lowest BCUT2D eigenvalue weighted by Gasteiger charge is -2.18. The van der Waals surface area contributed by atoms with Gasteiger partial charge in [0.05, 0.1) is 11.4 Å². The first-order valence-electron chi connectivity index (χ1n) is 4.99. The number of nitrogens with two attached hydrogens (primary N) is 1. The molecule has 0 aliphatic rings. The van der Waals surface area contributed by atoms with E-state index in [0.29, 0.717) is 6.04 Å². The lowest BCUT2D eigenvalue weighted by molar-refractivity contribution is 0.672. The van der Waals surface area contributed by atoms with Crippen molar-refractivity contribution < 1.29 is 0 Å². The number of nitrogens with one attached hydrogen (secondary N) is 1. The van der Waals surface area contributed by atoms with Gasteiger partial charge < -0.3 is 11.1 Å². The van der Waals surface area contributed by atoms with E-state index in [9.17, 15) is 0 Å². The fourth-order valence-corrected chi connectivity index (χ4v) is 1.74. The molecule has 14 heavy (non-hydrogen) atoms. The number of halogens is 1. The highest BCUT2D eigenvalue weighted by molar-refractivity contribution is 9.10. The minimum atomic E-state index is 0.506. The van der Waals surface area contributed by atoms with Crippen LogP contribution in [0.4, 0.5) is 11.4 Å². The normalized spacial score (nSPS) is 10.6. The quantitative estimate of drug-likeness (QED) is 0.808. The molecular formula is C11H17BrN2. The predicted molar refractivity (Wildman–Crippen MR) is 66.5 cm³/mol. The van der Waals surface area contributed by atoms with Crippen LogP contribution in [-0.2, 0) is 0 Å². The summed E-state index contributed by atoms with van der Waals surface area (Å²) in [5.41, 5.74) is 7.74. The molecule has 1 aromatic rings. The average Bonchev–Trinajstić information content (AvgIpc) is 2.20. The second-order valence-electron chi connectivity index (χ2n) is 3.36. The number of anilines is 2. The first-order valence-corrected chi connectivity index (χ1v) is 5.78. The highest BCUT2D eigenvalue weighted by atomic mass is 79.9. The fraction of sp³-hybridized carbons (Fsp3) is 0.455. The number of benzene rings is 1. The zero-order valence-corrected chi connectivity index (χ0v) is 10.3. The van der Waals surface area contributed by atoms with Gasteiger partial charge in [0.1, 0.15) is 0 Å². The number of rotatable bonds is 4. The Hall–Kier alpha value is -0.700. The molecule has 0 bridgehead atoms. The zero-order chi connectivity index (χ0) is 10.6. The van der Waals surface area contributed by atoms with Gasteiger partial charge in [-0.15, -0.1) is 0 Å². The summed E-state index contributed by atoms with van der Waals surface area (Å²) < 4.78 is 0.952. The molecule has 0 unspecified atom stereocenters. The van der Waals surface area contributed by atoms with Crippen molar-refractivity contribution in [3.8, 4) is 0 Å². The highest BCUT2D eigenvalue weighted by Gasteiger charge is 2.06. The van der Waals surface area contributed by atoms with Crippen molar-refractivity contribution in [3.05, 3.63) is 22.7 Å². The fourth-order valence-electron chi connectivity index (χ4n) is 1.38. The van der Waals surface area contributed by atoms with Crippen molar-refractivity contribution in [2.24, 2.45) is 0 Å². The highest BCUT2D eigenvalue weighted by Crippen LogP contribution is 2.28. The molecule has 0 fully saturated rings. The van der Waals surface area contributed by atoms with Crippen LogP contribution in [0.25, 0.3) is 0 Å². The van der Waals surface area contributed by atoms with Crippen LogP contribution in [0, 0.1) is 0 Å². The van der Waals surface area contributed by atoms with Crippen molar-refractivity contribution in [2.45, 2.75) is 32.7 Å². The molecule has 0 amide bonds. The van der Waals surface area contributed by atoms with E-state index < -0.39 is 0 Å². The third kappa shape index (κ3) is 2.64. The zero-order valence-electron chi connectivity index (χ0n) is 8.68. The van der Waals surface area contributed by atoms with Crippen LogP contribution in [0.3, 0.4) is 0 Å². The molecule has 0 saturated heterocycles. The second kappa shape index (κ2) is 5.25.